The molecule has 0 amide bonds. The summed E-state index contributed by atoms with van der Waals surface area (Å²) in [5.41, 5.74) is -0.0611. The van der Waals surface area contributed by atoms with E-state index in [0.717, 1.165) is 0 Å². The molecule has 0 bridgehead atoms. The van der Waals surface area contributed by atoms with Gasteiger partial charge in [-0.15, -0.1) is 0 Å². The minimum Gasteiger partial charge on any atom is -0.465 e. The monoisotopic (exact) mass is 258 g/mol. The molecular weight excluding hydrogens is 248 g/mol. The molecular formula is C10H11ClN2O4. The summed E-state index contributed by atoms with van der Waals surface area (Å²) in [5.74, 6) is -0.498. The number of carbonyl (C=O) groups excluding carboxylic acids is 1. The Hall–Kier alpha value is -1.82. The quantitative estimate of drug-likeness (QED) is 0.497. The number of hydrogen-bond donors (Lipinski definition) is 1. The van der Waals surface area contributed by atoms with Crippen LogP contribution in [-0.2, 0) is 9.53 Å². The highest BCUT2D eigenvalue weighted by molar-refractivity contribution is 6.33. The van der Waals surface area contributed by atoms with Gasteiger partial charge in [-0.25, -0.2) is 0 Å². The van der Waals surface area contributed by atoms with E-state index in [1.54, 1.807) is 6.92 Å². The molecule has 1 N–H and O–H groups in total. The van der Waals surface area contributed by atoms with E-state index in [9.17, 15) is 14.9 Å². The Kier molecular flexibility index (Phi) is 4.71. The summed E-state index contributed by atoms with van der Waals surface area (Å²) in [4.78, 5) is 21.3. The molecule has 0 aromatic heterocycles. The van der Waals surface area contributed by atoms with Crippen molar-refractivity contribution >= 4 is 28.9 Å². The highest BCUT2D eigenvalue weighted by Gasteiger charge is 2.17. The molecule has 0 heterocycles. The van der Waals surface area contributed by atoms with E-state index in [-0.39, 0.29) is 29.5 Å². The predicted octanol–water partition coefficient (Wildman–Crippen LogP) is 2.22. The standard InChI is InChI=1S/C10H11ClN2O4/c1-2-17-9(14)6-12-10-7(11)4-3-5-8(10)13(15)16/h3-5,12H,2,6H2,1H3. The minimum absolute atomic E-state index is 0.118. The average molecular weight is 259 g/mol. The zero-order chi connectivity index (χ0) is 12.8. The average Bonchev–Trinajstić information content (AvgIpc) is 2.27. The Morgan fingerprint density at radius 3 is 2.88 bits per heavy atom. The van der Waals surface area contributed by atoms with E-state index in [1.807, 2.05) is 0 Å². The van der Waals surface area contributed by atoms with Gasteiger partial charge in [0.05, 0.1) is 16.6 Å². The number of nitrogens with one attached hydrogen (secondary N) is 1. The molecule has 0 aliphatic heterocycles. The van der Waals surface area contributed by atoms with Crippen LogP contribution in [0.4, 0.5) is 11.4 Å². The second-order valence-electron chi connectivity index (χ2n) is 3.05. The fraction of sp³-hybridized carbons (Fsp3) is 0.300. The van der Waals surface area contributed by atoms with Crippen molar-refractivity contribution in [3.05, 3.63) is 33.3 Å². The number of hydrogen-bond acceptors (Lipinski definition) is 5. The van der Waals surface area contributed by atoms with Crippen LogP contribution in [0.15, 0.2) is 18.2 Å². The number of nitro groups is 1. The predicted molar refractivity (Wildman–Crippen MR) is 63.2 cm³/mol. The topological polar surface area (TPSA) is 81.5 Å². The smallest absolute Gasteiger partial charge is 0.325 e. The van der Waals surface area contributed by atoms with Crippen molar-refractivity contribution in [2.45, 2.75) is 6.92 Å². The van der Waals surface area contributed by atoms with Gasteiger partial charge in [-0.3, -0.25) is 14.9 Å². The summed E-state index contributed by atoms with van der Waals surface area (Å²) in [6.07, 6.45) is 0. The van der Waals surface area contributed by atoms with Crippen LogP contribution in [0.5, 0.6) is 0 Å². The zero-order valence-electron chi connectivity index (χ0n) is 9.10. The summed E-state index contributed by atoms with van der Waals surface area (Å²) in [7, 11) is 0. The number of rotatable bonds is 5. The first-order chi connectivity index (χ1) is 8.06. The summed E-state index contributed by atoms with van der Waals surface area (Å²) in [5, 5.41) is 13.5. The molecule has 0 aliphatic rings. The molecule has 0 spiro atoms. The highest BCUT2D eigenvalue weighted by Crippen LogP contribution is 2.31. The van der Waals surface area contributed by atoms with Gasteiger partial charge in [0.25, 0.3) is 5.69 Å². The Bertz CT molecular complexity index is 436. The Morgan fingerprint density at radius 1 is 1.59 bits per heavy atom. The number of esters is 1. The van der Waals surface area contributed by atoms with E-state index >= 15 is 0 Å². The number of nitrogens with zero attached hydrogens (tertiary/aromatic N) is 1. The molecule has 17 heavy (non-hydrogen) atoms. The van der Waals surface area contributed by atoms with Crippen molar-refractivity contribution in [1.82, 2.24) is 0 Å². The first-order valence-corrected chi connectivity index (χ1v) is 5.26. The number of carbonyl (C=O) groups is 1. The van der Waals surface area contributed by atoms with E-state index in [1.165, 1.54) is 18.2 Å². The summed E-state index contributed by atoms with van der Waals surface area (Å²) >= 11 is 5.81. The van der Waals surface area contributed by atoms with Crippen LogP contribution in [0, 0.1) is 10.1 Å². The number of benzene rings is 1. The van der Waals surface area contributed by atoms with Crippen LogP contribution in [0.1, 0.15) is 6.92 Å². The molecule has 0 saturated heterocycles. The number of ether oxygens (including phenoxy) is 1. The van der Waals surface area contributed by atoms with Crippen molar-refractivity contribution in [1.29, 1.82) is 0 Å². The molecule has 0 atom stereocenters. The van der Waals surface area contributed by atoms with Gasteiger partial charge in [-0.05, 0) is 13.0 Å². The SMILES string of the molecule is CCOC(=O)CNc1c(Cl)cccc1[N+](=O)[O-]. The van der Waals surface area contributed by atoms with Gasteiger partial charge in [0.1, 0.15) is 12.2 Å². The first kappa shape index (κ1) is 13.2. The lowest BCUT2D eigenvalue weighted by atomic mass is 10.2. The van der Waals surface area contributed by atoms with E-state index < -0.39 is 10.9 Å². The highest BCUT2D eigenvalue weighted by atomic mass is 35.5. The van der Waals surface area contributed by atoms with E-state index in [4.69, 9.17) is 11.6 Å². The molecule has 0 aliphatic carbocycles. The number of nitro benzene ring substituents is 1. The van der Waals surface area contributed by atoms with Gasteiger partial charge in [0.15, 0.2) is 0 Å². The lowest BCUT2D eigenvalue weighted by Gasteiger charge is -2.08. The number of anilines is 1. The van der Waals surface area contributed by atoms with Gasteiger partial charge in [-0.2, -0.15) is 0 Å². The van der Waals surface area contributed by atoms with Crippen molar-refractivity contribution in [2.75, 3.05) is 18.5 Å². The number of para-hydroxylation sites is 1. The normalized spacial score (nSPS) is 9.76. The van der Waals surface area contributed by atoms with Crippen molar-refractivity contribution in [2.24, 2.45) is 0 Å². The van der Waals surface area contributed by atoms with Gasteiger partial charge < -0.3 is 10.1 Å². The summed E-state index contributed by atoms with van der Waals surface area (Å²) in [6, 6.07) is 4.28. The van der Waals surface area contributed by atoms with E-state index in [2.05, 4.69) is 10.1 Å². The molecule has 1 aromatic carbocycles. The Morgan fingerprint density at radius 2 is 2.29 bits per heavy atom. The molecule has 0 fully saturated rings. The molecule has 1 rings (SSSR count). The lowest BCUT2D eigenvalue weighted by molar-refractivity contribution is -0.383. The van der Waals surface area contributed by atoms with Crippen LogP contribution < -0.4 is 5.32 Å². The van der Waals surface area contributed by atoms with Crippen molar-refractivity contribution < 1.29 is 14.5 Å². The maximum atomic E-state index is 11.1. The van der Waals surface area contributed by atoms with Crippen LogP contribution in [0.2, 0.25) is 5.02 Å². The Balaban J connectivity index is 2.82. The summed E-state index contributed by atoms with van der Waals surface area (Å²) < 4.78 is 4.69. The largest absolute Gasteiger partial charge is 0.465 e. The van der Waals surface area contributed by atoms with Crippen LogP contribution in [-0.4, -0.2) is 24.0 Å². The molecule has 1 aromatic rings. The van der Waals surface area contributed by atoms with Crippen LogP contribution >= 0.6 is 11.6 Å². The second kappa shape index (κ2) is 6.05. The van der Waals surface area contributed by atoms with Gasteiger partial charge in [0, 0.05) is 6.07 Å². The van der Waals surface area contributed by atoms with Crippen LogP contribution in [0.3, 0.4) is 0 Å². The van der Waals surface area contributed by atoms with E-state index in [0.29, 0.717) is 0 Å². The lowest BCUT2D eigenvalue weighted by Crippen LogP contribution is -2.17. The molecule has 6 nitrogen and oxygen atoms in total. The van der Waals surface area contributed by atoms with Gasteiger partial charge in [0.2, 0.25) is 0 Å². The second-order valence-corrected chi connectivity index (χ2v) is 3.46. The fourth-order valence-electron chi connectivity index (χ4n) is 1.21. The maximum Gasteiger partial charge on any atom is 0.325 e. The molecule has 92 valence electrons. The fourth-order valence-corrected chi connectivity index (χ4v) is 1.45. The third kappa shape index (κ3) is 3.60. The summed E-state index contributed by atoms with van der Waals surface area (Å²) in [6.45, 7) is 1.76. The van der Waals surface area contributed by atoms with Gasteiger partial charge in [-0.1, -0.05) is 17.7 Å². The number of halogens is 1. The molecule has 0 radical (unpaired) electrons. The molecule has 7 heteroatoms. The maximum absolute atomic E-state index is 11.1. The van der Waals surface area contributed by atoms with Crippen molar-refractivity contribution in [3.8, 4) is 0 Å². The molecule has 0 saturated carbocycles. The first-order valence-electron chi connectivity index (χ1n) is 4.88. The third-order valence-corrected chi connectivity index (χ3v) is 2.22. The van der Waals surface area contributed by atoms with Crippen LogP contribution in [0.25, 0.3) is 0 Å². The zero-order valence-corrected chi connectivity index (χ0v) is 9.86. The minimum atomic E-state index is -0.570. The van der Waals surface area contributed by atoms with Gasteiger partial charge >= 0.3 is 5.97 Å². The molecule has 0 unspecified atom stereocenters. The van der Waals surface area contributed by atoms with Crippen molar-refractivity contribution in [3.63, 3.8) is 0 Å². The Labute approximate surface area is 103 Å². The third-order valence-electron chi connectivity index (χ3n) is 1.90.